The zero-order valence-corrected chi connectivity index (χ0v) is 24.0. The molecule has 0 saturated carbocycles. The van der Waals surface area contributed by atoms with Gasteiger partial charge in [-0.05, 0) is 40.6 Å². The summed E-state index contributed by atoms with van der Waals surface area (Å²) in [6.07, 6.45) is 0. The third kappa shape index (κ3) is 4.90. The van der Waals surface area contributed by atoms with E-state index >= 15 is 4.39 Å². The second kappa shape index (κ2) is 11.2. The first-order valence-corrected chi connectivity index (χ1v) is 15.2. The molecule has 1 saturated heterocycles. The van der Waals surface area contributed by atoms with Crippen molar-refractivity contribution in [2.75, 3.05) is 18.1 Å². The summed E-state index contributed by atoms with van der Waals surface area (Å²) in [4.78, 5) is 28.1. The Kier molecular flexibility index (Phi) is 7.04. The van der Waals surface area contributed by atoms with Crippen LogP contribution in [0.3, 0.4) is 0 Å². The van der Waals surface area contributed by atoms with Crippen LogP contribution >= 0.6 is 23.1 Å². The number of amides is 1. The molecule has 43 heavy (non-hydrogen) atoms. The standard InChI is InChI=1S/C32H22FN3O5S2/c33-23-11-4-3-10-22(23)27-26(28(37)19-12-13-24-25(16-19)41-15-14-40-24)29(38)30(39)36(27)31-34-35-32(43-31)42-17-20-8-5-7-18-6-1-2-9-21(18)20/h1-13,16,27,37H,14-15,17H2. The van der Waals surface area contributed by atoms with Gasteiger partial charge in [0.05, 0.1) is 5.57 Å². The molecule has 1 aromatic heterocycles. The fourth-order valence-electron chi connectivity index (χ4n) is 5.28. The lowest BCUT2D eigenvalue weighted by molar-refractivity contribution is -0.132. The number of hydrogen-bond donors (Lipinski definition) is 1. The number of hydrogen-bond acceptors (Lipinski definition) is 9. The summed E-state index contributed by atoms with van der Waals surface area (Å²) in [6.45, 7) is 0.718. The summed E-state index contributed by atoms with van der Waals surface area (Å²) in [6, 6.07) is 23.5. The Balaban J connectivity index is 1.26. The lowest BCUT2D eigenvalue weighted by atomic mass is 9.95. The molecule has 1 amide bonds. The largest absolute Gasteiger partial charge is 0.507 e. The summed E-state index contributed by atoms with van der Waals surface area (Å²) >= 11 is 2.57. The number of benzene rings is 4. The molecule has 5 aromatic rings. The van der Waals surface area contributed by atoms with E-state index in [0.717, 1.165) is 32.6 Å². The van der Waals surface area contributed by atoms with Gasteiger partial charge in [0, 0.05) is 16.9 Å². The van der Waals surface area contributed by atoms with Crippen molar-refractivity contribution < 1.29 is 28.6 Å². The Morgan fingerprint density at radius 1 is 0.953 bits per heavy atom. The highest BCUT2D eigenvalue weighted by Crippen LogP contribution is 2.45. The van der Waals surface area contributed by atoms with Crippen LogP contribution in [0.15, 0.2) is 94.8 Å². The highest BCUT2D eigenvalue weighted by atomic mass is 32.2. The monoisotopic (exact) mass is 611 g/mol. The van der Waals surface area contributed by atoms with E-state index in [1.807, 2.05) is 24.3 Å². The van der Waals surface area contributed by atoms with Crippen LogP contribution in [0.1, 0.15) is 22.7 Å². The topological polar surface area (TPSA) is 102 Å². The van der Waals surface area contributed by atoms with E-state index in [1.54, 1.807) is 18.2 Å². The molecule has 1 fully saturated rings. The molecular formula is C32H22FN3O5S2. The quantitative estimate of drug-likeness (QED) is 0.0762. The number of Topliss-reactive ketones (excluding diaryl/α,β-unsaturated/α-hetero) is 1. The average molecular weight is 612 g/mol. The van der Waals surface area contributed by atoms with E-state index in [-0.39, 0.29) is 21.8 Å². The number of aliphatic hydroxyl groups excluding tert-OH is 1. The van der Waals surface area contributed by atoms with Gasteiger partial charge in [-0.3, -0.25) is 14.5 Å². The average Bonchev–Trinajstić information content (AvgIpc) is 3.61. The predicted octanol–water partition coefficient (Wildman–Crippen LogP) is 6.52. The molecule has 4 aromatic carbocycles. The molecular weight excluding hydrogens is 590 g/mol. The van der Waals surface area contributed by atoms with E-state index in [0.29, 0.717) is 34.8 Å². The normalized spacial score (nSPS) is 17.5. The van der Waals surface area contributed by atoms with Crippen molar-refractivity contribution in [2.45, 2.75) is 16.1 Å². The number of aliphatic hydroxyl groups is 1. The number of fused-ring (bicyclic) bond motifs is 2. The highest BCUT2D eigenvalue weighted by molar-refractivity contribution is 8.00. The van der Waals surface area contributed by atoms with E-state index in [4.69, 9.17) is 9.47 Å². The van der Waals surface area contributed by atoms with E-state index in [1.165, 1.54) is 36.0 Å². The van der Waals surface area contributed by atoms with Crippen molar-refractivity contribution in [3.05, 3.63) is 113 Å². The van der Waals surface area contributed by atoms with Crippen LogP contribution < -0.4 is 14.4 Å². The van der Waals surface area contributed by atoms with E-state index < -0.39 is 29.3 Å². The van der Waals surface area contributed by atoms with E-state index in [9.17, 15) is 14.7 Å². The van der Waals surface area contributed by atoms with Gasteiger partial charge in [0.25, 0.3) is 5.78 Å². The molecule has 0 aliphatic carbocycles. The summed E-state index contributed by atoms with van der Waals surface area (Å²) in [5.74, 6) is -1.49. The molecule has 1 N–H and O–H groups in total. The predicted molar refractivity (Wildman–Crippen MR) is 162 cm³/mol. The molecule has 2 aliphatic rings. The Labute approximate surface area is 253 Å². The van der Waals surface area contributed by atoms with Gasteiger partial charge < -0.3 is 14.6 Å². The van der Waals surface area contributed by atoms with Gasteiger partial charge in [0.15, 0.2) is 15.8 Å². The molecule has 7 rings (SSSR count). The molecule has 0 radical (unpaired) electrons. The summed E-state index contributed by atoms with van der Waals surface area (Å²) in [5, 5.41) is 22.3. The number of thioether (sulfide) groups is 1. The number of ether oxygens (including phenoxy) is 2. The van der Waals surface area contributed by atoms with Crippen LogP contribution in [-0.4, -0.2) is 40.2 Å². The minimum Gasteiger partial charge on any atom is -0.507 e. The second-order valence-corrected chi connectivity index (χ2v) is 12.0. The number of rotatable bonds is 6. The smallest absolute Gasteiger partial charge is 0.301 e. The van der Waals surface area contributed by atoms with Crippen LogP contribution in [0.25, 0.3) is 16.5 Å². The van der Waals surface area contributed by atoms with Gasteiger partial charge in [-0.25, -0.2) is 4.39 Å². The number of aromatic nitrogens is 2. The fourth-order valence-corrected chi connectivity index (χ4v) is 7.15. The van der Waals surface area contributed by atoms with Crippen molar-refractivity contribution in [1.29, 1.82) is 0 Å². The molecule has 8 nitrogen and oxygen atoms in total. The maximum atomic E-state index is 15.3. The number of nitrogens with zero attached hydrogens (tertiary/aromatic N) is 3. The molecule has 2 aliphatic heterocycles. The number of carbonyl (C=O) groups is 2. The molecule has 1 atom stereocenters. The van der Waals surface area contributed by atoms with Gasteiger partial charge in [-0.15, -0.1) is 10.2 Å². The minimum atomic E-state index is -1.27. The van der Waals surface area contributed by atoms with Gasteiger partial charge >= 0.3 is 5.91 Å². The lowest BCUT2D eigenvalue weighted by Crippen LogP contribution is -2.29. The van der Waals surface area contributed by atoms with Crippen LogP contribution in [-0.2, 0) is 15.3 Å². The molecule has 0 bridgehead atoms. The lowest BCUT2D eigenvalue weighted by Gasteiger charge is -2.23. The summed E-state index contributed by atoms with van der Waals surface area (Å²) in [7, 11) is 0. The summed E-state index contributed by atoms with van der Waals surface area (Å²) in [5.41, 5.74) is 1.13. The van der Waals surface area contributed by atoms with Crippen molar-refractivity contribution in [1.82, 2.24) is 10.2 Å². The van der Waals surface area contributed by atoms with E-state index in [2.05, 4.69) is 28.4 Å². The van der Waals surface area contributed by atoms with Crippen molar-refractivity contribution in [3.8, 4) is 11.5 Å². The maximum Gasteiger partial charge on any atom is 0.301 e. The zero-order valence-electron chi connectivity index (χ0n) is 22.4. The number of halogens is 1. The Bertz CT molecular complexity index is 1940. The molecule has 11 heteroatoms. The molecule has 1 unspecified atom stereocenters. The molecule has 3 heterocycles. The zero-order chi connectivity index (χ0) is 29.5. The Morgan fingerprint density at radius 2 is 1.72 bits per heavy atom. The highest BCUT2D eigenvalue weighted by Gasteiger charge is 2.49. The first-order valence-electron chi connectivity index (χ1n) is 13.4. The van der Waals surface area contributed by atoms with Gasteiger partial charge in [0.2, 0.25) is 5.13 Å². The third-order valence-corrected chi connectivity index (χ3v) is 9.40. The minimum absolute atomic E-state index is 0.0425. The number of anilines is 1. The molecule has 214 valence electrons. The Hall–Kier alpha value is -4.74. The Morgan fingerprint density at radius 3 is 2.58 bits per heavy atom. The van der Waals surface area contributed by atoms with Crippen molar-refractivity contribution >= 4 is 56.5 Å². The molecule has 0 spiro atoms. The van der Waals surface area contributed by atoms with Crippen LogP contribution in [0.5, 0.6) is 11.5 Å². The second-order valence-electron chi connectivity index (χ2n) is 9.83. The van der Waals surface area contributed by atoms with Gasteiger partial charge in [0.1, 0.15) is 30.8 Å². The van der Waals surface area contributed by atoms with Crippen molar-refractivity contribution in [2.24, 2.45) is 0 Å². The van der Waals surface area contributed by atoms with Crippen LogP contribution in [0.4, 0.5) is 9.52 Å². The van der Waals surface area contributed by atoms with Crippen LogP contribution in [0.2, 0.25) is 0 Å². The van der Waals surface area contributed by atoms with Gasteiger partial charge in [-0.1, -0.05) is 83.8 Å². The first kappa shape index (κ1) is 27.1. The van der Waals surface area contributed by atoms with Crippen molar-refractivity contribution in [3.63, 3.8) is 0 Å². The maximum absolute atomic E-state index is 15.3. The van der Waals surface area contributed by atoms with Crippen LogP contribution in [0, 0.1) is 5.82 Å². The third-order valence-electron chi connectivity index (χ3n) is 7.29. The number of ketones is 1. The fraction of sp³-hybridized carbons (Fsp3) is 0.125. The summed E-state index contributed by atoms with van der Waals surface area (Å²) < 4.78 is 27.0. The van der Waals surface area contributed by atoms with Gasteiger partial charge in [-0.2, -0.15) is 0 Å². The first-order chi connectivity index (χ1) is 21.0. The number of carbonyl (C=O) groups excluding carboxylic acids is 2. The SMILES string of the molecule is O=C1C(=O)N(c2nnc(SCc3cccc4ccccc34)s2)C(c2ccccc2F)C1=C(O)c1ccc2c(c1)OCCO2.